The molecule has 0 bridgehead atoms. The van der Waals surface area contributed by atoms with Gasteiger partial charge in [-0.15, -0.1) is 11.8 Å². The van der Waals surface area contributed by atoms with Gasteiger partial charge in [-0.05, 0) is 45.0 Å². The van der Waals surface area contributed by atoms with Crippen molar-refractivity contribution in [2.45, 2.75) is 31.1 Å². The molecule has 3 aromatic rings. The average Bonchev–Trinajstić information content (AvgIpc) is 2.73. The molecule has 2 aromatic heterocycles. The summed E-state index contributed by atoms with van der Waals surface area (Å²) in [5, 5.41) is 4.62. The number of thioether (sulfide) groups is 1. The maximum absolute atomic E-state index is 14.9. The molecule has 8 heteroatoms. The maximum Gasteiger partial charge on any atom is 0.156 e. The van der Waals surface area contributed by atoms with Crippen LogP contribution in [0.1, 0.15) is 31.9 Å². The fourth-order valence-corrected chi connectivity index (χ4v) is 4.70. The van der Waals surface area contributed by atoms with Crippen molar-refractivity contribution in [3.8, 4) is 0 Å². The Kier molecular flexibility index (Phi) is 5.43. The lowest BCUT2D eigenvalue weighted by atomic mass is 9.92. The summed E-state index contributed by atoms with van der Waals surface area (Å²) in [4.78, 5) is 13.6. The normalized spacial score (nSPS) is 20.4. The molecule has 1 atom stereocenters. The van der Waals surface area contributed by atoms with Crippen molar-refractivity contribution in [1.82, 2.24) is 9.97 Å². The van der Waals surface area contributed by atoms with E-state index < -0.39 is 5.54 Å². The van der Waals surface area contributed by atoms with E-state index in [0.29, 0.717) is 39.2 Å². The topological polar surface area (TPSA) is 76.2 Å². The number of halogens is 2. The number of aromatic nitrogens is 2. The Bertz CT molecular complexity index is 1230. The fourth-order valence-electron chi connectivity index (χ4n) is 3.49. The van der Waals surface area contributed by atoms with Gasteiger partial charge in [0.05, 0.1) is 15.3 Å². The molecule has 31 heavy (non-hydrogen) atoms. The van der Waals surface area contributed by atoms with Gasteiger partial charge < -0.3 is 11.1 Å². The van der Waals surface area contributed by atoms with E-state index >= 15 is 0 Å². The van der Waals surface area contributed by atoms with Crippen molar-refractivity contribution in [3.63, 3.8) is 0 Å². The first-order valence-electron chi connectivity index (χ1n) is 9.76. The summed E-state index contributed by atoms with van der Waals surface area (Å²) in [5.41, 5.74) is 8.06. The average molecular weight is 456 g/mol. The van der Waals surface area contributed by atoms with Crippen molar-refractivity contribution in [1.29, 1.82) is 0 Å². The molecule has 160 valence electrons. The lowest BCUT2D eigenvalue weighted by Gasteiger charge is -2.38. The first-order valence-corrected chi connectivity index (χ1v) is 11.1. The maximum atomic E-state index is 14.9. The molecule has 1 aliphatic rings. The molecule has 0 amide bonds. The molecule has 3 N–H and O–H groups in total. The fraction of sp³-hybridized carbons (Fsp3) is 0.261. The van der Waals surface area contributed by atoms with Gasteiger partial charge in [-0.25, -0.2) is 9.37 Å². The van der Waals surface area contributed by atoms with Gasteiger partial charge in [0.2, 0.25) is 0 Å². The number of pyridine rings is 2. The zero-order chi connectivity index (χ0) is 22.4. The van der Waals surface area contributed by atoms with Crippen LogP contribution in [0.4, 0.5) is 15.9 Å². The quantitative estimate of drug-likeness (QED) is 0.511. The van der Waals surface area contributed by atoms with Crippen LogP contribution in [0, 0.1) is 5.82 Å². The molecular formula is C23H23ClFN5S. The molecule has 4 rings (SSSR count). The third-order valence-electron chi connectivity index (χ3n) is 5.45. The van der Waals surface area contributed by atoms with Crippen molar-refractivity contribution < 1.29 is 4.39 Å². The Morgan fingerprint density at radius 2 is 2.00 bits per heavy atom. The molecule has 0 spiro atoms. The molecule has 5 nitrogen and oxygen atoms in total. The van der Waals surface area contributed by atoms with E-state index in [1.807, 2.05) is 26.8 Å². The van der Waals surface area contributed by atoms with Gasteiger partial charge in [0.1, 0.15) is 17.2 Å². The number of nitrogens with one attached hydrogen (secondary N) is 1. The van der Waals surface area contributed by atoms with Gasteiger partial charge in [-0.2, -0.15) is 0 Å². The van der Waals surface area contributed by atoms with Crippen molar-refractivity contribution >= 4 is 57.7 Å². The number of nitrogens with two attached hydrogens (primary N) is 1. The molecule has 3 heterocycles. The van der Waals surface area contributed by atoms with Crippen LogP contribution < -0.4 is 11.1 Å². The number of hydrogen-bond donors (Lipinski definition) is 2. The number of rotatable bonds is 4. The summed E-state index contributed by atoms with van der Waals surface area (Å²) >= 11 is 7.80. The summed E-state index contributed by atoms with van der Waals surface area (Å²) in [6.07, 6.45) is 4.98. The first-order chi connectivity index (χ1) is 14.6. The highest BCUT2D eigenvalue weighted by Gasteiger charge is 2.39. The minimum absolute atomic E-state index is 0.269. The Labute approximate surface area is 190 Å². The summed E-state index contributed by atoms with van der Waals surface area (Å²) in [7, 11) is 0. The van der Waals surface area contributed by atoms with Crippen LogP contribution in [0.2, 0.25) is 5.02 Å². The Morgan fingerprint density at radius 1 is 1.23 bits per heavy atom. The van der Waals surface area contributed by atoms with E-state index in [0.717, 1.165) is 10.9 Å². The Morgan fingerprint density at radius 3 is 2.71 bits per heavy atom. The lowest BCUT2D eigenvalue weighted by molar-refractivity contribution is 0.503. The van der Waals surface area contributed by atoms with E-state index in [9.17, 15) is 4.39 Å². The second-order valence-electron chi connectivity index (χ2n) is 8.21. The van der Waals surface area contributed by atoms with Crippen LogP contribution in [0.15, 0.2) is 48.2 Å². The van der Waals surface area contributed by atoms with Crippen molar-refractivity contribution in [2.75, 3.05) is 11.1 Å². The minimum Gasteiger partial charge on any atom is -0.386 e. The highest BCUT2D eigenvalue weighted by Crippen LogP contribution is 2.42. The van der Waals surface area contributed by atoms with E-state index in [2.05, 4.69) is 26.9 Å². The summed E-state index contributed by atoms with van der Waals surface area (Å²) in [6, 6.07) is 6.68. The number of benzene rings is 1. The molecule has 0 fully saturated rings. The van der Waals surface area contributed by atoms with Crippen LogP contribution in [-0.4, -0.2) is 26.3 Å². The van der Waals surface area contributed by atoms with Crippen LogP contribution in [0.5, 0.6) is 0 Å². The summed E-state index contributed by atoms with van der Waals surface area (Å²) in [5.74, 6) is 1.35. The second-order valence-corrected chi connectivity index (χ2v) is 10.2. The number of aliphatic imine (C=N–C) groups is 1. The minimum atomic E-state index is -0.764. The third kappa shape index (κ3) is 4.00. The van der Waals surface area contributed by atoms with Gasteiger partial charge in [-0.1, -0.05) is 24.3 Å². The first kappa shape index (κ1) is 21.6. The Balaban J connectivity index is 1.76. The van der Waals surface area contributed by atoms with Gasteiger partial charge >= 0.3 is 0 Å². The van der Waals surface area contributed by atoms with Crippen LogP contribution in [0.3, 0.4) is 0 Å². The lowest BCUT2D eigenvalue weighted by Crippen LogP contribution is -2.44. The second kappa shape index (κ2) is 7.80. The van der Waals surface area contributed by atoms with Gasteiger partial charge in [0.25, 0.3) is 0 Å². The van der Waals surface area contributed by atoms with E-state index in [-0.39, 0.29) is 10.6 Å². The molecule has 0 unspecified atom stereocenters. The van der Waals surface area contributed by atoms with Crippen LogP contribution in [0.25, 0.3) is 17.0 Å². The smallest absolute Gasteiger partial charge is 0.156 e. The van der Waals surface area contributed by atoms with E-state index in [1.54, 1.807) is 42.4 Å². The standard InChI is InChI=1S/C23H23ClFN5S/c1-5-13-10-28-20(19-16(13)8-14(24)11-27-19)29-15-6-7-18(25)17(9-15)23(4)12-31-22(2,3)21(26)30-23/h5-11H,1,12H2,2-4H3,(H2,26,30)(H,28,29)/t23-/m0/s1. The van der Waals surface area contributed by atoms with Crippen LogP contribution >= 0.6 is 23.4 Å². The molecular weight excluding hydrogens is 433 g/mol. The van der Waals surface area contributed by atoms with Crippen molar-refractivity contribution in [3.05, 3.63) is 65.2 Å². The van der Waals surface area contributed by atoms with E-state index in [4.69, 9.17) is 17.3 Å². The monoisotopic (exact) mass is 455 g/mol. The largest absolute Gasteiger partial charge is 0.386 e. The predicted molar refractivity (Wildman–Crippen MR) is 130 cm³/mol. The molecule has 1 aromatic carbocycles. The number of nitrogens with zero attached hydrogens (tertiary/aromatic N) is 3. The van der Waals surface area contributed by atoms with Gasteiger partial charge in [0.15, 0.2) is 5.82 Å². The number of hydrogen-bond acceptors (Lipinski definition) is 6. The SMILES string of the molecule is C=Cc1cnc(Nc2ccc(F)c([C@]3(C)CSC(C)(C)C(N)=N3)c2)c2ncc(Cl)cc12. The molecule has 0 radical (unpaired) electrons. The number of fused-ring (bicyclic) bond motifs is 1. The number of amidine groups is 1. The highest BCUT2D eigenvalue weighted by molar-refractivity contribution is 8.01. The van der Waals surface area contributed by atoms with E-state index in [1.165, 1.54) is 6.07 Å². The van der Waals surface area contributed by atoms with Crippen LogP contribution in [-0.2, 0) is 5.54 Å². The molecule has 0 saturated heterocycles. The summed E-state index contributed by atoms with van der Waals surface area (Å²) < 4.78 is 14.6. The molecule has 1 aliphatic heterocycles. The zero-order valence-corrected chi connectivity index (χ0v) is 19.1. The molecule has 0 saturated carbocycles. The molecule has 0 aliphatic carbocycles. The summed E-state index contributed by atoms with van der Waals surface area (Å²) in [6.45, 7) is 9.77. The third-order valence-corrected chi connectivity index (χ3v) is 7.29. The Hall–Kier alpha value is -2.64. The van der Waals surface area contributed by atoms with Gasteiger partial charge in [0, 0.05) is 40.3 Å². The predicted octanol–water partition coefficient (Wildman–Crippen LogP) is 5.91. The highest BCUT2D eigenvalue weighted by atomic mass is 35.5. The van der Waals surface area contributed by atoms with Crippen molar-refractivity contribution in [2.24, 2.45) is 10.7 Å². The number of anilines is 2. The zero-order valence-electron chi connectivity index (χ0n) is 17.5. The van der Waals surface area contributed by atoms with Gasteiger partial charge in [-0.3, -0.25) is 9.98 Å².